The van der Waals surface area contributed by atoms with Gasteiger partial charge >= 0.3 is 0 Å². The highest BCUT2D eigenvalue weighted by atomic mass is 32.1. The third-order valence-corrected chi connectivity index (χ3v) is 6.95. The third-order valence-electron chi connectivity index (χ3n) is 5.94. The van der Waals surface area contributed by atoms with Crippen LogP contribution in [-0.2, 0) is 7.05 Å². The number of hydrogen-bond donors (Lipinski definition) is 1. The molecule has 4 aromatic heterocycles. The van der Waals surface area contributed by atoms with E-state index in [-0.39, 0.29) is 12.6 Å². The fourth-order valence-corrected chi connectivity index (χ4v) is 5.08. The number of pyridine rings is 2. The van der Waals surface area contributed by atoms with Crippen LogP contribution in [0, 0.1) is 0 Å². The van der Waals surface area contributed by atoms with E-state index in [0.29, 0.717) is 24.0 Å². The van der Waals surface area contributed by atoms with Gasteiger partial charge in [-0.3, -0.25) is 14.5 Å². The minimum atomic E-state index is -0.310. The molecule has 0 bridgehead atoms. The van der Waals surface area contributed by atoms with Crippen LogP contribution in [-0.4, -0.2) is 61.8 Å². The summed E-state index contributed by atoms with van der Waals surface area (Å²) >= 11 is 1.51. The minimum absolute atomic E-state index is 0.282. The van der Waals surface area contributed by atoms with Crippen LogP contribution in [0.1, 0.15) is 34.3 Å². The Balaban J connectivity index is 1.28. The van der Waals surface area contributed by atoms with Gasteiger partial charge in [-0.1, -0.05) is 0 Å². The van der Waals surface area contributed by atoms with Gasteiger partial charge in [-0.05, 0) is 38.1 Å². The molecular formula is C23H24FN7OS. The Morgan fingerprint density at radius 1 is 1.18 bits per heavy atom. The molecule has 5 heterocycles. The average Bonchev–Trinajstić information content (AvgIpc) is 3.49. The van der Waals surface area contributed by atoms with Gasteiger partial charge in [-0.15, -0.1) is 11.3 Å². The van der Waals surface area contributed by atoms with Crippen molar-refractivity contribution in [3.05, 3.63) is 53.0 Å². The Bertz CT molecular complexity index is 1280. The molecule has 10 heteroatoms. The maximum absolute atomic E-state index is 12.8. The molecule has 1 aliphatic rings. The van der Waals surface area contributed by atoms with E-state index in [0.717, 1.165) is 53.0 Å². The Morgan fingerprint density at radius 3 is 2.79 bits per heavy atom. The van der Waals surface area contributed by atoms with Crippen LogP contribution in [0.25, 0.3) is 22.0 Å². The molecule has 0 aromatic carbocycles. The maximum atomic E-state index is 12.8. The summed E-state index contributed by atoms with van der Waals surface area (Å²) in [6, 6.07) is 3.82. The quantitative estimate of drug-likeness (QED) is 0.465. The van der Waals surface area contributed by atoms with Crippen molar-refractivity contribution in [3.63, 3.8) is 0 Å². The van der Waals surface area contributed by atoms with E-state index in [1.807, 2.05) is 25.4 Å². The molecule has 8 nitrogen and oxygen atoms in total. The van der Waals surface area contributed by atoms with Gasteiger partial charge in [0, 0.05) is 53.8 Å². The molecule has 4 aromatic rings. The first kappa shape index (κ1) is 21.6. The molecule has 170 valence electrons. The number of nitrogens with one attached hydrogen (secondary N) is 1. The summed E-state index contributed by atoms with van der Waals surface area (Å²) in [6.07, 6.45) is 9.03. The molecule has 0 spiro atoms. The average molecular weight is 466 g/mol. The summed E-state index contributed by atoms with van der Waals surface area (Å²) in [7, 11) is 1.87. The van der Waals surface area contributed by atoms with E-state index >= 15 is 0 Å². The van der Waals surface area contributed by atoms with Crippen LogP contribution in [0.15, 0.2) is 42.3 Å². The number of thiazole rings is 1. The zero-order valence-corrected chi connectivity index (χ0v) is 19.1. The Morgan fingerprint density at radius 2 is 2.03 bits per heavy atom. The first-order valence-corrected chi connectivity index (χ1v) is 11.8. The number of carbonyl (C=O) groups is 1. The predicted molar refractivity (Wildman–Crippen MR) is 126 cm³/mol. The molecular weight excluding hydrogens is 441 g/mol. The number of hydrogen-bond acceptors (Lipinski definition) is 7. The van der Waals surface area contributed by atoms with Crippen molar-refractivity contribution in [2.24, 2.45) is 7.05 Å². The van der Waals surface area contributed by atoms with Crippen molar-refractivity contribution in [3.8, 4) is 11.1 Å². The molecule has 1 amide bonds. The van der Waals surface area contributed by atoms with Crippen molar-refractivity contribution in [1.29, 1.82) is 0 Å². The predicted octanol–water partition coefficient (Wildman–Crippen LogP) is 3.89. The number of fused-ring (bicyclic) bond motifs is 1. The molecule has 33 heavy (non-hydrogen) atoms. The number of piperidine rings is 1. The first-order chi connectivity index (χ1) is 16.1. The van der Waals surface area contributed by atoms with Crippen LogP contribution in [0.3, 0.4) is 0 Å². The fraction of sp³-hybridized carbons (Fsp3) is 0.348. The summed E-state index contributed by atoms with van der Waals surface area (Å²) in [4.78, 5) is 28.3. The van der Waals surface area contributed by atoms with Crippen LogP contribution < -0.4 is 5.32 Å². The molecule has 1 N–H and O–H groups in total. The molecule has 5 rings (SSSR count). The Hall–Kier alpha value is -3.24. The monoisotopic (exact) mass is 465 g/mol. The van der Waals surface area contributed by atoms with E-state index in [1.165, 1.54) is 11.3 Å². The van der Waals surface area contributed by atoms with Crippen LogP contribution in [0.2, 0.25) is 0 Å². The standard InChI is InChI=1S/C23H24FN7OS/c1-30-13-18(11-27-30)17-8-16-9-21(26-12-19(16)25-10-17)29-22(32)20-14-33-23(28-20)15-2-5-31(6-3-15)7-4-24/h8-15H,2-7H2,1H3,(H,26,29,32). The lowest BCUT2D eigenvalue weighted by Gasteiger charge is -2.30. The number of anilines is 1. The number of rotatable bonds is 6. The molecule has 1 saturated heterocycles. The SMILES string of the molecule is Cn1cc(-c2cnc3cnc(NC(=O)c4csc(C5CCN(CCF)CC5)n4)cc3c2)cn1. The second kappa shape index (κ2) is 9.32. The van der Waals surface area contributed by atoms with Crippen molar-refractivity contribution >= 4 is 34.0 Å². The summed E-state index contributed by atoms with van der Waals surface area (Å²) in [5.41, 5.74) is 3.06. The number of halogens is 1. The normalized spacial score (nSPS) is 15.2. The Labute approximate surface area is 194 Å². The van der Waals surface area contributed by atoms with E-state index < -0.39 is 0 Å². The number of nitrogens with zero attached hydrogens (tertiary/aromatic N) is 6. The lowest BCUT2D eigenvalue weighted by molar-refractivity contribution is 0.102. The summed E-state index contributed by atoms with van der Waals surface area (Å²) in [5, 5.41) is 10.7. The smallest absolute Gasteiger partial charge is 0.276 e. The topological polar surface area (TPSA) is 88.8 Å². The highest BCUT2D eigenvalue weighted by Crippen LogP contribution is 2.30. The number of carbonyl (C=O) groups excluding carboxylic acids is 1. The van der Waals surface area contributed by atoms with Crippen LogP contribution >= 0.6 is 11.3 Å². The van der Waals surface area contributed by atoms with Gasteiger partial charge in [-0.2, -0.15) is 5.10 Å². The minimum Gasteiger partial charge on any atom is -0.305 e. The van der Waals surface area contributed by atoms with Gasteiger partial charge in [-0.25, -0.2) is 14.4 Å². The molecule has 0 unspecified atom stereocenters. The lowest BCUT2D eigenvalue weighted by Crippen LogP contribution is -2.34. The zero-order valence-electron chi connectivity index (χ0n) is 18.2. The highest BCUT2D eigenvalue weighted by molar-refractivity contribution is 7.10. The van der Waals surface area contributed by atoms with Gasteiger partial charge < -0.3 is 10.2 Å². The van der Waals surface area contributed by atoms with E-state index in [1.54, 1.807) is 28.7 Å². The number of aryl methyl sites for hydroxylation is 1. The van der Waals surface area contributed by atoms with Crippen LogP contribution in [0.4, 0.5) is 10.2 Å². The zero-order chi connectivity index (χ0) is 22.8. The van der Waals surface area contributed by atoms with Crippen molar-refractivity contribution < 1.29 is 9.18 Å². The van der Waals surface area contributed by atoms with Crippen molar-refractivity contribution in [1.82, 2.24) is 29.6 Å². The van der Waals surface area contributed by atoms with E-state index in [4.69, 9.17) is 0 Å². The van der Waals surface area contributed by atoms with E-state index in [9.17, 15) is 9.18 Å². The molecule has 0 atom stereocenters. The maximum Gasteiger partial charge on any atom is 0.276 e. The molecule has 1 fully saturated rings. The molecule has 0 saturated carbocycles. The van der Waals surface area contributed by atoms with Gasteiger partial charge in [0.05, 0.1) is 22.9 Å². The summed E-state index contributed by atoms with van der Waals surface area (Å²) in [6.45, 7) is 1.92. The van der Waals surface area contributed by atoms with Crippen molar-refractivity contribution in [2.45, 2.75) is 18.8 Å². The third kappa shape index (κ3) is 4.76. The number of aromatic nitrogens is 5. The number of alkyl halides is 1. The lowest BCUT2D eigenvalue weighted by atomic mass is 9.97. The first-order valence-electron chi connectivity index (χ1n) is 10.9. The largest absolute Gasteiger partial charge is 0.305 e. The molecule has 1 aliphatic heterocycles. The number of amides is 1. The molecule has 0 aliphatic carbocycles. The number of likely N-dealkylation sites (tertiary alicyclic amines) is 1. The summed E-state index contributed by atoms with van der Waals surface area (Å²) < 4.78 is 14.3. The van der Waals surface area contributed by atoms with E-state index in [2.05, 4.69) is 30.3 Å². The molecule has 0 radical (unpaired) electrons. The van der Waals surface area contributed by atoms with Crippen molar-refractivity contribution in [2.75, 3.05) is 31.6 Å². The second-order valence-corrected chi connectivity index (χ2v) is 9.11. The van der Waals surface area contributed by atoms with Crippen LogP contribution in [0.5, 0.6) is 0 Å². The van der Waals surface area contributed by atoms with Gasteiger partial charge in [0.2, 0.25) is 0 Å². The van der Waals surface area contributed by atoms with Gasteiger partial charge in [0.25, 0.3) is 5.91 Å². The van der Waals surface area contributed by atoms with Gasteiger partial charge in [0.15, 0.2) is 0 Å². The fourth-order valence-electron chi connectivity index (χ4n) is 4.11. The second-order valence-electron chi connectivity index (χ2n) is 8.22. The summed E-state index contributed by atoms with van der Waals surface area (Å²) in [5.74, 6) is 0.491. The highest BCUT2D eigenvalue weighted by Gasteiger charge is 2.24. The van der Waals surface area contributed by atoms with Gasteiger partial charge in [0.1, 0.15) is 18.2 Å². The Kier molecular flexibility index (Phi) is 6.10.